The normalized spacial score (nSPS) is 18.4. The average molecular weight is 502 g/mol. The number of aromatic nitrogens is 2. The number of imide groups is 1. The molecule has 2 aliphatic heterocycles. The van der Waals surface area contributed by atoms with Crippen LogP contribution in [0.3, 0.4) is 0 Å². The van der Waals surface area contributed by atoms with E-state index in [1.165, 1.54) is 0 Å². The lowest BCUT2D eigenvalue weighted by atomic mass is 9.93. The van der Waals surface area contributed by atoms with Gasteiger partial charge in [-0.15, -0.1) is 0 Å². The molecule has 190 valence electrons. The zero-order chi connectivity index (χ0) is 25.9. The number of amides is 3. The van der Waals surface area contributed by atoms with Crippen LogP contribution in [0, 0.1) is 11.3 Å². The number of hydrogen-bond acceptors (Lipinski definition) is 7. The summed E-state index contributed by atoms with van der Waals surface area (Å²) in [5.74, 6) is -0.111. The van der Waals surface area contributed by atoms with Crippen LogP contribution in [-0.4, -0.2) is 58.2 Å². The highest BCUT2D eigenvalue weighted by molar-refractivity contribution is 6.03. The van der Waals surface area contributed by atoms with Crippen LogP contribution in [0.15, 0.2) is 42.5 Å². The van der Waals surface area contributed by atoms with Crippen LogP contribution >= 0.6 is 0 Å². The maximum atomic E-state index is 12.7. The Bertz CT molecular complexity index is 1400. The van der Waals surface area contributed by atoms with E-state index in [1.54, 1.807) is 33.8 Å². The van der Waals surface area contributed by atoms with E-state index < -0.39 is 5.92 Å². The quantitative estimate of drug-likeness (QED) is 0.514. The number of nitriles is 1. The molecule has 1 aromatic heterocycles. The monoisotopic (exact) mass is 501 g/mol. The minimum Gasteiger partial charge on any atom is -0.488 e. The summed E-state index contributed by atoms with van der Waals surface area (Å²) >= 11 is 0. The number of nitrogens with zero attached hydrogens (tertiary/aromatic N) is 4. The number of benzene rings is 2. The first-order valence-corrected chi connectivity index (χ1v) is 12.3. The maximum Gasteiger partial charge on any atom is 0.260 e. The Morgan fingerprint density at radius 1 is 1.11 bits per heavy atom. The second-order valence-corrected chi connectivity index (χ2v) is 9.26. The number of fused-ring (bicyclic) bond motifs is 1. The highest BCUT2D eigenvalue weighted by atomic mass is 16.5. The van der Waals surface area contributed by atoms with E-state index >= 15 is 0 Å². The van der Waals surface area contributed by atoms with Gasteiger partial charge in [0.05, 0.1) is 17.2 Å². The topological polar surface area (TPSA) is 127 Å². The molecule has 2 saturated heterocycles. The SMILES string of the molecule is Cn1nc(C2CCC(=O)NC2=O)c2cccc(OC3CCN(C(=O)COc4ccccc4C#N)CC3)c21. The van der Waals surface area contributed by atoms with Crippen molar-refractivity contribution in [2.24, 2.45) is 7.05 Å². The van der Waals surface area contributed by atoms with Crippen LogP contribution in [0.1, 0.15) is 42.9 Å². The number of ether oxygens (including phenoxy) is 2. The summed E-state index contributed by atoms with van der Waals surface area (Å²) in [5.41, 5.74) is 1.84. The highest BCUT2D eigenvalue weighted by Gasteiger charge is 2.32. The number of likely N-dealkylation sites (tertiary alicyclic amines) is 1. The van der Waals surface area contributed by atoms with Crippen molar-refractivity contribution in [3.63, 3.8) is 0 Å². The van der Waals surface area contributed by atoms with Gasteiger partial charge in [0.2, 0.25) is 11.8 Å². The van der Waals surface area contributed by atoms with Gasteiger partial charge < -0.3 is 14.4 Å². The second-order valence-electron chi connectivity index (χ2n) is 9.26. The Morgan fingerprint density at radius 2 is 1.86 bits per heavy atom. The largest absolute Gasteiger partial charge is 0.488 e. The molecular formula is C27H27N5O5. The number of aryl methyl sites for hydroxylation is 1. The Kier molecular flexibility index (Phi) is 6.77. The predicted octanol–water partition coefficient (Wildman–Crippen LogP) is 2.41. The number of para-hydroxylation sites is 2. The van der Waals surface area contributed by atoms with Crippen molar-refractivity contribution in [1.82, 2.24) is 20.0 Å². The third-order valence-corrected chi connectivity index (χ3v) is 6.87. The lowest BCUT2D eigenvalue weighted by Gasteiger charge is -2.32. The Balaban J connectivity index is 1.22. The number of carbonyl (C=O) groups excluding carboxylic acids is 3. The van der Waals surface area contributed by atoms with Crippen molar-refractivity contribution in [2.45, 2.75) is 37.7 Å². The summed E-state index contributed by atoms with van der Waals surface area (Å²) in [5, 5.41) is 17.0. The molecule has 0 saturated carbocycles. The van der Waals surface area contributed by atoms with Crippen LogP contribution in [0.2, 0.25) is 0 Å². The van der Waals surface area contributed by atoms with Gasteiger partial charge in [-0.25, -0.2) is 0 Å². The van der Waals surface area contributed by atoms with Crippen LogP contribution in [0.25, 0.3) is 10.9 Å². The zero-order valence-electron chi connectivity index (χ0n) is 20.5. The summed E-state index contributed by atoms with van der Waals surface area (Å²) in [4.78, 5) is 38.4. The van der Waals surface area contributed by atoms with Gasteiger partial charge in [-0.1, -0.05) is 24.3 Å². The first kappa shape index (κ1) is 24.3. The minimum absolute atomic E-state index is 0.0798. The van der Waals surface area contributed by atoms with E-state index in [-0.39, 0.29) is 36.9 Å². The summed E-state index contributed by atoms with van der Waals surface area (Å²) in [7, 11) is 1.82. The molecular weight excluding hydrogens is 474 g/mol. The smallest absolute Gasteiger partial charge is 0.260 e. The number of carbonyl (C=O) groups is 3. The maximum absolute atomic E-state index is 12.7. The van der Waals surface area contributed by atoms with E-state index in [2.05, 4.69) is 16.5 Å². The average Bonchev–Trinajstić information content (AvgIpc) is 3.24. The Labute approximate surface area is 213 Å². The van der Waals surface area contributed by atoms with Crippen molar-refractivity contribution < 1.29 is 23.9 Å². The van der Waals surface area contributed by atoms with E-state index in [0.29, 0.717) is 55.1 Å². The molecule has 0 radical (unpaired) electrons. The number of rotatable bonds is 6. The molecule has 5 rings (SSSR count). The van der Waals surface area contributed by atoms with Gasteiger partial charge in [0.15, 0.2) is 6.61 Å². The molecule has 1 unspecified atom stereocenters. The van der Waals surface area contributed by atoms with Gasteiger partial charge in [-0.05, 0) is 24.6 Å². The molecule has 37 heavy (non-hydrogen) atoms. The van der Waals surface area contributed by atoms with Crippen LogP contribution < -0.4 is 14.8 Å². The predicted molar refractivity (Wildman–Crippen MR) is 133 cm³/mol. The number of nitrogens with one attached hydrogen (secondary N) is 1. The minimum atomic E-state index is -0.478. The van der Waals surface area contributed by atoms with Crippen molar-refractivity contribution >= 4 is 28.6 Å². The van der Waals surface area contributed by atoms with E-state index in [9.17, 15) is 19.6 Å². The fraction of sp³-hybridized carbons (Fsp3) is 0.370. The molecule has 3 amide bonds. The standard InChI is InChI=1S/C27H27N5O5/c1-31-26-19(25(30-31)20-9-10-23(33)29-27(20)35)6-4-8-22(26)37-18-11-13-32(14-12-18)24(34)16-36-21-7-3-2-5-17(21)15-28/h2-8,18,20H,9-14,16H2,1H3,(H,29,33,35). The third-order valence-electron chi connectivity index (χ3n) is 6.87. The third kappa shape index (κ3) is 4.98. The van der Waals surface area contributed by atoms with Gasteiger partial charge in [-0.3, -0.25) is 24.4 Å². The molecule has 2 aliphatic rings. The summed E-state index contributed by atoms with van der Waals surface area (Å²) in [6.45, 7) is 0.951. The van der Waals surface area contributed by atoms with Gasteiger partial charge in [0, 0.05) is 44.8 Å². The van der Waals surface area contributed by atoms with Gasteiger partial charge in [0.1, 0.15) is 29.2 Å². The van der Waals surface area contributed by atoms with Crippen LogP contribution in [0.4, 0.5) is 0 Å². The molecule has 0 bridgehead atoms. The molecule has 2 aromatic carbocycles. The molecule has 3 heterocycles. The molecule has 1 atom stereocenters. The summed E-state index contributed by atoms with van der Waals surface area (Å²) in [6, 6.07) is 14.6. The molecule has 10 nitrogen and oxygen atoms in total. The van der Waals surface area contributed by atoms with E-state index in [0.717, 1.165) is 10.9 Å². The molecule has 0 aliphatic carbocycles. The second kappa shape index (κ2) is 10.3. The van der Waals surface area contributed by atoms with Crippen LogP contribution in [0.5, 0.6) is 11.5 Å². The summed E-state index contributed by atoms with van der Waals surface area (Å²) < 4.78 is 13.7. The van der Waals surface area contributed by atoms with Crippen molar-refractivity contribution in [2.75, 3.05) is 19.7 Å². The van der Waals surface area contributed by atoms with Crippen molar-refractivity contribution in [3.05, 3.63) is 53.7 Å². The first-order valence-electron chi connectivity index (χ1n) is 12.3. The van der Waals surface area contributed by atoms with E-state index in [4.69, 9.17) is 9.47 Å². The Hall–Kier alpha value is -4.39. The van der Waals surface area contributed by atoms with E-state index in [1.807, 2.05) is 25.2 Å². The van der Waals surface area contributed by atoms with Crippen molar-refractivity contribution in [3.8, 4) is 17.6 Å². The highest BCUT2D eigenvalue weighted by Crippen LogP contribution is 2.35. The van der Waals surface area contributed by atoms with Gasteiger partial charge in [0.25, 0.3) is 5.91 Å². The fourth-order valence-electron chi connectivity index (χ4n) is 4.95. The molecule has 2 fully saturated rings. The van der Waals surface area contributed by atoms with Crippen molar-refractivity contribution in [1.29, 1.82) is 5.26 Å². The Morgan fingerprint density at radius 3 is 2.62 bits per heavy atom. The number of hydrogen-bond donors (Lipinski definition) is 1. The molecule has 1 N–H and O–H groups in total. The fourth-order valence-corrected chi connectivity index (χ4v) is 4.95. The summed E-state index contributed by atoms with van der Waals surface area (Å²) in [6.07, 6.45) is 1.96. The molecule has 3 aromatic rings. The molecule has 0 spiro atoms. The van der Waals surface area contributed by atoms with Gasteiger partial charge in [-0.2, -0.15) is 10.4 Å². The molecule has 10 heteroatoms. The zero-order valence-corrected chi connectivity index (χ0v) is 20.5. The van der Waals surface area contributed by atoms with Crippen LogP contribution in [-0.2, 0) is 21.4 Å². The lowest BCUT2D eigenvalue weighted by Crippen LogP contribution is -2.43. The van der Waals surface area contributed by atoms with Gasteiger partial charge >= 0.3 is 0 Å². The first-order chi connectivity index (χ1) is 17.9. The number of piperidine rings is 2. The lowest BCUT2D eigenvalue weighted by molar-refractivity contribution is -0.135.